The van der Waals surface area contributed by atoms with Crippen LogP contribution in [0.1, 0.15) is 24.0 Å². The largest absolute Gasteiger partial charge is 0.497 e. The summed E-state index contributed by atoms with van der Waals surface area (Å²) < 4.78 is 33.2. The Hall–Kier alpha value is -1.89. The predicted molar refractivity (Wildman–Crippen MR) is 115 cm³/mol. The minimum Gasteiger partial charge on any atom is -0.497 e. The van der Waals surface area contributed by atoms with Crippen LogP contribution in [0.2, 0.25) is 0 Å². The first-order valence-corrected chi connectivity index (χ1v) is 11.9. The molecular formula is C23H30N2O3S. The lowest BCUT2D eigenvalue weighted by atomic mass is 10.0. The van der Waals surface area contributed by atoms with Crippen molar-refractivity contribution in [2.45, 2.75) is 31.1 Å². The van der Waals surface area contributed by atoms with Gasteiger partial charge < -0.3 is 4.74 Å². The van der Waals surface area contributed by atoms with Crippen LogP contribution in [0.3, 0.4) is 0 Å². The van der Waals surface area contributed by atoms with Crippen molar-refractivity contribution in [2.75, 3.05) is 33.3 Å². The van der Waals surface area contributed by atoms with Crippen LogP contribution in [0.15, 0.2) is 54.6 Å². The second kappa shape index (κ2) is 8.86. The van der Waals surface area contributed by atoms with Gasteiger partial charge in [0, 0.05) is 19.6 Å². The lowest BCUT2D eigenvalue weighted by Gasteiger charge is -2.22. The van der Waals surface area contributed by atoms with Crippen molar-refractivity contribution in [3.8, 4) is 5.75 Å². The van der Waals surface area contributed by atoms with Gasteiger partial charge in [0.1, 0.15) is 5.75 Å². The van der Waals surface area contributed by atoms with E-state index in [2.05, 4.69) is 29.2 Å². The maximum Gasteiger partial charge on any atom is 0.217 e. The molecule has 0 aromatic heterocycles. The third-order valence-corrected chi connectivity index (χ3v) is 8.75. The average Bonchev–Trinajstić information content (AvgIpc) is 2.86. The van der Waals surface area contributed by atoms with Gasteiger partial charge >= 0.3 is 0 Å². The molecule has 29 heavy (non-hydrogen) atoms. The van der Waals surface area contributed by atoms with Crippen molar-refractivity contribution in [1.29, 1.82) is 0 Å². The van der Waals surface area contributed by atoms with Gasteiger partial charge in [0.15, 0.2) is 0 Å². The molecule has 6 heteroatoms. The fraction of sp³-hybridized carbons (Fsp3) is 0.478. The molecule has 0 N–H and O–H groups in total. The Labute approximate surface area is 174 Å². The summed E-state index contributed by atoms with van der Waals surface area (Å²) in [4.78, 5) is 2.41. The van der Waals surface area contributed by atoms with Gasteiger partial charge in [-0.1, -0.05) is 42.5 Å². The fourth-order valence-electron chi connectivity index (χ4n) is 4.61. The van der Waals surface area contributed by atoms with Gasteiger partial charge in [-0.2, -0.15) is 0 Å². The zero-order valence-electron chi connectivity index (χ0n) is 17.0. The Morgan fingerprint density at radius 1 is 0.966 bits per heavy atom. The summed E-state index contributed by atoms with van der Waals surface area (Å²) >= 11 is 0. The predicted octanol–water partition coefficient (Wildman–Crippen LogP) is 3.16. The topological polar surface area (TPSA) is 49.9 Å². The molecule has 0 amide bonds. The van der Waals surface area contributed by atoms with E-state index in [0.717, 1.165) is 50.2 Å². The van der Waals surface area contributed by atoms with Crippen LogP contribution in [-0.2, 0) is 23.0 Å². The second-order valence-electron chi connectivity index (χ2n) is 8.14. The first-order chi connectivity index (χ1) is 14.1. The zero-order chi connectivity index (χ0) is 20.3. The van der Waals surface area contributed by atoms with E-state index in [1.165, 1.54) is 5.56 Å². The molecule has 2 atom stereocenters. The van der Waals surface area contributed by atoms with E-state index in [0.29, 0.717) is 13.1 Å². The Balaban J connectivity index is 1.35. The van der Waals surface area contributed by atoms with Crippen LogP contribution in [0.5, 0.6) is 5.75 Å². The van der Waals surface area contributed by atoms with Crippen molar-refractivity contribution >= 4 is 10.0 Å². The standard InChI is InChI=1S/C23H30N2O3S/c1-28-22-9-7-19(8-10-22)11-16-25-18-21-12-14-24(15-13-23(21)29(25,26)27)17-20-5-3-2-4-6-20/h2-10,21,23H,11-18H2,1H3/t21-,23-/m1/s1. The number of hydrogen-bond donors (Lipinski definition) is 0. The smallest absolute Gasteiger partial charge is 0.217 e. The summed E-state index contributed by atoms with van der Waals surface area (Å²) in [5.74, 6) is 1.07. The van der Waals surface area contributed by atoms with Crippen LogP contribution in [0, 0.1) is 5.92 Å². The van der Waals surface area contributed by atoms with Gasteiger partial charge in [-0.05, 0) is 61.5 Å². The molecule has 0 unspecified atom stereocenters. The molecule has 2 aromatic rings. The van der Waals surface area contributed by atoms with Gasteiger partial charge in [-0.15, -0.1) is 0 Å². The quantitative estimate of drug-likeness (QED) is 0.729. The highest BCUT2D eigenvalue weighted by molar-refractivity contribution is 7.90. The third kappa shape index (κ3) is 4.65. The van der Waals surface area contributed by atoms with E-state index < -0.39 is 10.0 Å². The number of benzene rings is 2. The molecule has 2 aliphatic rings. The molecule has 0 spiro atoms. The van der Waals surface area contributed by atoms with Gasteiger partial charge in [-0.25, -0.2) is 12.7 Å². The molecular weight excluding hydrogens is 384 g/mol. The van der Waals surface area contributed by atoms with E-state index >= 15 is 0 Å². The lowest BCUT2D eigenvalue weighted by Crippen LogP contribution is -2.33. The number of rotatable bonds is 6. The Kier molecular flexibility index (Phi) is 6.23. The Morgan fingerprint density at radius 2 is 1.69 bits per heavy atom. The molecule has 2 fully saturated rings. The van der Waals surface area contributed by atoms with Crippen molar-refractivity contribution < 1.29 is 13.2 Å². The Bertz CT molecular complexity index is 899. The number of likely N-dealkylation sites (tertiary alicyclic amines) is 1. The van der Waals surface area contributed by atoms with Crippen molar-refractivity contribution in [2.24, 2.45) is 5.92 Å². The lowest BCUT2D eigenvalue weighted by molar-refractivity contribution is 0.267. The number of methoxy groups -OCH3 is 1. The van der Waals surface area contributed by atoms with Crippen LogP contribution in [0.25, 0.3) is 0 Å². The Morgan fingerprint density at radius 3 is 2.41 bits per heavy atom. The van der Waals surface area contributed by atoms with E-state index in [4.69, 9.17) is 4.74 Å². The summed E-state index contributed by atoms with van der Waals surface area (Å²) in [5.41, 5.74) is 2.44. The molecule has 2 heterocycles. The first-order valence-electron chi connectivity index (χ1n) is 10.4. The van der Waals surface area contributed by atoms with E-state index in [1.807, 2.05) is 30.3 Å². The highest BCUT2D eigenvalue weighted by Crippen LogP contribution is 2.34. The molecule has 2 saturated heterocycles. The number of nitrogens with zero attached hydrogens (tertiary/aromatic N) is 2. The number of sulfonamides is 1. The molecule has 2 aliphatic heterocycles. The van der Waals surface area contributed by atoms with Crippen molar-refractivity contribution in [3.63, 3.8) is 0 Å². The monoisotopic (exact) mass is 414 g/mol. The molecule has 156 valence electrons. The van der Waals surface area contributed by atoms with E-state index in [1.54, 1.807) is 11.4 Å². The minimum absolute atomic E-state index is 0.223. The molecule has 5 nitrogen and oxygen atoms in total. The zero-order valence-corrected chi connectivity index (χ0v) is 17.9. The highest BCUT2D eigenvalue weighted by atomic mass is 32.2. The fourth-order valence-corrected chi connectivity index (χ4v) is 6.85. The first kappa shape index (κ1) is 20.4. The van der Waals surface area contributed by atoms with Crippen molar-refractivity contribution in [3.05, 3.63) is 65.7 Å². The SMILES string of the molecule is COc1ccc(CCN2C[C@H]3CCN(Cc4ccccc4)CC[C@H]3S2(=O)=O)cc1. The van der Waals surface area contributed by atoms with E-state index in [-0.39, 0.29) is 11.2 Å². The molecule has 4 rings (SSSR count). The summed E-state index contributed by atoms with van der Waals surface area (Å²) in [6.45, 7) is 3.96. The normalized spacial score (nSPS) is 24.7. The van der Waals surface area contributed by atoms with Crippen LogP contribution in [-0.4, -0.2) is 56.2 Å². The third-order valence-electron chi connectivity index (χ3n) is 6.31. The van der Waals surface area contributed by atoms with E-state index in [9.17, 15) is 8.42 Å². The van der Waals surface area contributed by atoms with Crippen LogP contribution >= 0.6 is 0 Å². The average molecular weight is 415 g/mol. The molecule has 0 radical (unpaired) electrons. The molecule has 0 aliphatic carbocycles. The maximum absolute atomic E-state index is 13.2. The molecule has 2 aromatic carbocycles. The maximum atomic E-state index is 13.2. The van der Waals surface area contributed by atoms with Gasteiger partial charge in [-0.3, -0.25) is 4.90 Å². The van der Waals surface area contributed by atoms with Gasteiger partial charge in [0.2, 0.25) is 10.0 Å². The minimum atomic E-state index is -3.21. The molecule has 0 bridgehead atoms. The summed E-state index contributed by atoms with van der Waals surface area (Å²) in [7, 11) is -1.56. The van der Waals surface area contributed by atoms with Crippen LogP contribution < -0.4 is 4.74 Å². The van der Waals surface area contributed by atoms with Crippen LogP contribution in [0.4, 0.5) is 0 Å². The summed E-state index contributed by atoms with van der Waals surface area (Å²) in [6.07, 6.45) is 2.43. The number of ether oxygens (including phenoxy) is 1. The molecule has 0 saturated carbocycles. The second-order valence-corrected chi connectivity index (χ2v) is 10.3. The number of fused-ring (bicyclic) bond motifs is 1. The number of hydrogen-bond acceptors (Lipinski definition) is 4. The summed E-state index contributed by atoms with van der Waals surface area (Å²) in [5, 5.41) is -0.223. The van der Waals surface area contributed by atoms with Crippen molar-refractivity contribution in [1.82, 2.24) is 9.21 Å². The van der Waals surface area contributed by atoms with Gasteiger partial charge in [0.05, 0.1) is 12.4 Å². The summed E-state index contributed by atoms with van der Waals surface area (Å²) in [6, 6.07) is 18.3. The highest BCUT2D eigenvalue weighted by Gasteiger charge is 2.46. The van der Waals surface area contributed by atoms with Gasteiger partial charge in [0.25, 0.3) is 0 Å².